The summed E-state index contributed by atoms with van der Waals surface area (Å²) in [7, 11) is 0. The first-order valence-electron chi connectivity index (χ1n) is 7.70. The predicted octanol–water partition coefficient (Wildman–Crippen LogP) is 3.68. The van der Waals surface area contributed by atoms with Crippen molar-refractivity contribution in [1.82, 2.24) is 0 Å². The minimum atomic E-state index is 0.590. The second-order valence-electron chi connectivity index (χ2n) is 5.39. The highest BCUT2D eigenvalue weighted by atomic mass is 16.5. The van der Waals surface area contributed by atoms with Gasteiger partial charge in [0.1, 0.15) is 5.75 Å². The van der Waals surface area contributed by atoms with Crippen LogP contribution in [0.5, 0.6) is 23.0 Å². The molecule has 4 bridgehead atoms. The summed E-state index contributed by atoms with van der Waals surface area (Å²) in [6, 6.07) is 12.1. The Balaban J connectivity index is 1.88. The third kappa shape index (κ3) is 2.45. The summed E-state index contributed by atoms with van der Waals surface area (Å²) in [5.74, 6) is 3.12. The van der Waals surface area contributed by atoms with E-state index in [4.69, 9.17) is 18.9 Å². The fourth-order valence-electron chi connectivity index (χ4n) is 2.73. The molecule has 2 aromatic carbocycles. The van der Waals surface area contributed by atoms with Crippen LogP contribution in [0.25, 0.3) is 11.1 Å². The average Bonchev–Trinajstić information content (AvgIpc) is 2.79. The fourth-order valence-corrected chi connectivity index (χ4v) is 2.73. The predicted molar refractivity (Wildman–Crippen MR) is 83.1 cm³/mol. The van der Waals surface area contributed by atoms with Gasteiger partial charge in [-0.15, -0.1) is 0 Å². The summed E-state index contributed by atoms with van der Waals surface area (Å²) in [4.78, 5) is 0. The van der Waals surface area contributed by atoms with E-state index in [-0.39, 0.29) is 0 Å². The largest absolute Gasteiger partial charge is 0.493 e. The van der Waals surface area contributed by atoms with Gasteiger partial charge in [-0.2, -0.15) is 0 Å². The van der Waals surface area contributed by atoms with E-state index in [2.05, 4.69) is 12.1 Å². The Labute approximate surface area is 129 Å². The van der Waals surface area contributed by atoms with Crippen molar-refractivity contribution in [2.24, 2.45) is 0 Å². The molecule has 4 heteroatoms. The molecule has 4 heterocycles. The normalized spacial score (nSPS) is 16.5. The van der Waals surface area contributed by atoms with Gasteiger partial charge in [-0.1, -0.05) is 12.1 Å². The maximum atomic E-state index is 5.96. The lowest BCUT2D eigenvalue weighted by Gasteiger charge is -2.16. The molecule has 0 saturated heterocycles. The minimum Gasteiger partial charge on any atom is -0.493 e. The molecule has 22 heavy (non-hydrogen) atoms. The zero-order valence-electron chi connectivity index (χ0n) is 12.3. The second-order valence-corrected chi connectivity index (χ2v) is 5.39. The molecular formula is C18H18O4. The molecule has 0 amide bonds. The highest BCUT2D eigenvalue weighted by molar-refractivity contribution is 5.76. The fraction of sp³-hybridized carbons (Fsp3) is 0.333. The first-order valence-corrected chi connectivity index (χ1v) is 7.70. The Bertz CT molecular complexity index is 664. The van der Waals surface area contributed by atoms with Crippen molar-refractivity contribution in [2.75, 3.05) is 26.4 Å². The summed E-state index contributed by atoms with van der Waals surface area (Å²) in [6.45, 7) is 2.53. The first-order chi connectivity index (χ1) is 10.9. The smallest absolute Gasteiger partial charge is 0.204 e. The maximum Gasteiger partial charge on any atom is 0.204 e. The van der Waals surface area contributed by atoms with E-state index in [1.54, 1.807) is 0 Å². The van der Waals surface area contributed by atoms with E-state index < -0.39 is 0 Å². The number of rotatable bonds is 0. The van der Waals surface area contributed by atoms with Gasteiger partial charge in [0.25, 0.3) is 0 Å². The first kappa shape index (κ1) is 13.3. The van der Waals surface area contributed by atoms with Crippen LogP contribution in [0, 0.1) is 0 Å². The van der Waals surface area contributed by atoms with Gasteiger partial charge >= 0.3 is 0 Å². The van der Waals surface area contributed by atoms with Gasteiger partial charge in [0, 0.05) is 18.4 Å². The lowest BCUT2D eigenvalue weighted by molar-refractivity contribution is 0.235. The minimum absolute atomic E-state index is 0.590. The molecule has 2 aromatic rings. The zero-order valence-corrected chi connectivity index (χ0v) is 12.3. The number of benzene rings is 2. The topological polar surface area (TPSA) is 36.9 Å². The molecular weight excluding hydrogens is 280 g/mol. The standard InChI is InChI=1S/C18H18O4/c1-9-19-14-5-3-13(4-6-14)15-7-8-16(20-10-1)18-17(15)21-11-2-12-22-18/h3-8H,1-2,9-12H2. The van der Waals surface area contributed by atoms with Gasteiger partial charge in [-0.3, -0.25) is 0 Å². The molecule has 0 atom stereocenters. The molecule has 0 aliphatic carbocycles. The Hall–Kier alpha value is -2.36. The average molecular weight is 298 g/mol. The molecule has 4 aliphatic heterocycles. The molecule has 0 fully saturated rings. The Morgan fingerprint density at radius 1 is 0.591 bits per heavy atom. The van der Waals surface area contributed by atoms with Crippen molar-refractivity contribution in [3.05, 3.63) is 36.4 Å². The van der Waals surface area contributed by atoms with Crippen LogP contribution in [-0.2, 0) is 0 Å². The van der Waals surface area contributed by atoms with E-state index in [9.17, 15) is 0 Å². The molecule has 0 N–H and O–H groups in total. The molecule has 4 nitrogen and oxygen atoms in total. The van der Waals surface area contributed by atoms with Crippen LogP contribution in [0.1, 0.15) is 12.8 Å². The quantitative estimate of drug-likeness (QED) is 0.743. The van der Waals surface area contributed by atoms with Crippen molar-refractivity contribution < 1.29 is 18.9 Å². The highest BCUT2D eigenvalue weighted by Gasteiger charge is 2.21. The molecule has 4 aliphatic rings. The lowest BCUT2D eigenvalue weighted by Crippen LogP contribution is -2.06. The van der Waals surface area contributed by atoms with Gasteiger partial charge in [-0.25, -0.2) is 0 Å². The van der Waals surface area contributed by atoms with Crippen LogP contribution < -0.4 is 18.9 Å². The van der Waals surface area contributed by atoms with E-state index in [0.717, 1.165) is 47.0 Å². The third-order valence-electron chi connectivity index (χ3n) is 3.84. The molecule has 0 saturated carbocycles. The molecule has 0 radical (unpaired) electrons. The summed E-state index contributed by atoms with van der Waals surface area (Å²) in [6.07, 6.45) is 1.69. The molecule has 6 rings (SSSR count). The highest BCUT2D eigenvalue weighted by Crippen LogP contribution is 2.46. The summed E-state index contributed by atoms with van der Waals surface area (Å²) < 4.78 is 23.4. The summed E-state index contributed by atoms with van der Waals surface area (Å²) in [5.41, 5.74) is 2.11. The van der Waals surface area contributed by atoms with Gasteiger partial charge in [0.15, 0.2) is 11.5 Å². The van der Waals surface area contributed by atoms with Crippen LogP contribution in [0.2, 0.25) is 0 Å². The summed E-state index contributed by atoms with van der Waals surface area (Å²) in [5, 5.41) is 0. The Morgan fingerprint density at radius 2 is 1.27 bits per heavy atom. The van der Waals surface area contributed by atoms with Crippen LogP contribution in [0.15, 0.2) is 36.4 Å². The maximum absolute atomic E-state index is 5.96. The van der Waals surface area contributed by atoms with Crippen molar-refractivity contribution in [1.29, 1.82) is 0 Å². The van der Waals surface area contributed by atoms with Gasteiger partial charge in [0.05, 0.1) is 26.4 Å². The number of ether oxygens (including phenoxy) is 4. The van der Waals surface area contributed by atoms with Crippen molar-refractivity contribution in [3.63, 3.8) is 0 Å². The number of hydrogen-bond acceptors (Lipinski definition) is 4. The van der Waals surface area contributed by atoms with E-state index in [1.165, 1.54) is 0 Å². The number of fused-ring (bicyclic) bond motifs is 1. The van der Waals surface area contributed by atoms with E-state index in [1.807, 2.05) is 24.3 Å². The second kappa shape index (κ2) is 5.79. The SMILES string of the molecule is c1cc2ccc1OCCCOc1ccc-2c2c1OCCCO2. The van der Waals surface area contributed by atoms with Crippen molar-refractivity contribution in [2.45, 2.75) is 12.8 Å². The van der Waals surface area contributed by atoms with Crippen molar-refractivity contribution in [3.8, 4) is 34.1 Å². The van der Waals surface area contributed by atoms with Gasteiger partial charge in [0.2, 0.25) is 5.75 Å². The number of hydrogen-bond donors (Lipinski definition) is 0. The van der Waals surface area contributed by atoms with Crippen LogP contribution in [0.3, 0.4) is 0 Å². The Morgan fingerprint density at radius 3 is 2.09 bits per heavy atom. The summed E-state index contributed by atoms with van der Waals surface area (Å²) >= 11 is 0. The zero-order chi connectivity index (χ0) is 14.8. The van der Waals surface area contributed by atoms with Gasteiger partial charge < -0.3 is 18.9 Å². The monoisotopic (exact) mass is 298 g/mol. The van der Waals surface area contributed by atoms with Crippen LogP contribution in [0.4, 0.5) is 0 Å². The molecule has 0 spiro atoms. The molecule has 0 aromatic heterocycles. The Kier molecular flexibility index (Phi) is 3.51. The molecule has 0 unspecified atom stereocenters. The third-order valence-corrected chi connectivity index (χ3v) is 3.84. The van der Waals surface area contributed by atoms with Gasteiger partial charge in [-0.05, 0) is 29.8 Å². The lowest BCUT2D eigenvalue weighted by atomic mass is 10.0. The van der Waals surface area contributed by atoms with E-state index >= 15 is 0 Å². The molecule has 114 valence electrons. The van der Waals surface area contributed by atoms with Crippen molar-refractivity contribution >= 4 is 0 Å². The van der Waals surface area contributed by atoms with Crippen LogP contribution >= 0.6 is 0 Å². The van der Waals surface area contributed by atoms with E-state index in [0.29, 0.717) is 26.4 Å². The van der Waals surface area contributed by atoms with Crippen LogP contribution in [-0.4, -0.2) is 26.4 Å².